The number of carboxylic acid groups (broad SMARTS) is 1. The van der Waals surface area contributed by atoms with Gasteiger partial charge in [-0.3, -0.25) is 19.4 Å². The number of amides is 1. The number of hydrogen-bond donors (Lipinski definition) is 2. The Hall–Kier alpha value is -5.84. The number of allylic oxidation sites excluding steroid dienone is 5. The fraction of sp³-hybridized carbons (Fsp3) is 0.111. The third kappa shape index (κ3) is 6.63. The number of pyridine rings is 1. The first-order valence-corrected chi connectivity index (χ1v) is 14.4. The molecule has 0 bridgehead atoms. The van der Waals surface area contributed by atoms with E-state index in [-0.39, 0.29) is 34.1 Å². The maximum absolute atomic E-state index is 14.0. The molecule has 2 heterocycles. The predicted octanol–water partition coefficient (Wildman–Crippen LogP) is 4.70. The Labute approximate surface area is 265 Å². The number of anilines is 2. The molecule has 3 aromatic carbocycles. The van der Waals surface area contributed by atoms with Gasteiger partial charge >= 0.3 is 5.97 Å². The van der Waals surface area contributed by atoms with Crippen molar-refractivity contribution in [3.63, 3.8) is 0 Å². The van der Waals surface area contributed by atoms with E-state index in [0.29, 0.717) is 16.8 Å². The second-order valence-electron chi connectivity index (χ2n) is 10.7. The smallest absolute Gasteiger partial charge is 0.335 e. The quantitative estimate of drug-likeness (QED) is 0.150. The standard InChI is InChI=1S/C36H32N4O6/c1-24-31(13-8-6-4-5-7-10-25-14-18-28(19-15-25)38(2)3)34(41)39(30-12-9-11-27(22-30)36(43)44)33-32(24)35(42)40(37-33)29-20-16-26(17-21-29)23-46-45/h4-22,45H,23H2,1-3H3,(H,43,44)/b5-4+,8-6+,10-7+,31-13+. The van der Waals surface area contributed by atoms with Crippen LogP contribution in [0.1, 0.15) is 37.4 Å². The molecule has 0 spiro atoms. The minimum absolute atomic E-state index is 0.0149. The van der Waals surface area contributed by atoms with Crippen LogP contribution in [0.15, 0.2) is 113 Å². The number of carbonyl (C=O) groups excluding carboxylic acids is 1. The van der Waals surface area contributed by atoms with E-state index < -0.39 is 17.4 Å². The SMILES string of the molecule is Cc1c2c(n(-c3cccc(C(=O)O)c3)c(=O)/c1=C/C=C/C=C/C=C/c1ccc(N(C)C)cc1)=NN(c1ccc(COO)cc1)C2=O. The number of carboxylic acids is 1. The summed E-state index contributed by atoms with van der Waals surface area (Å²) in [7, 11) is 3.99. The fourth-order valence-electron chi connectivity index (χ4n) is 4.98. The molecule has 1 aliphatic rings. The van der Waals surface area contributed by atoms with Gasteiger partial charge in [-0.15, -0.1) is 5.10 Å². The number of rotatable bonds is 10. The molecule has 0 atom stereocenters. The van der Waals surface area contributed by atoms with Crippen molar-refractivity contribution in [2.24, 2.45) is 5.10 Å². The second kappa shape index (κ2) is 13.9. The van der Waals surface area contributed by atoms with Gasteiger partial charge in [-0.2, -0.15) is 5.01 Å². The molecule has 0 saturated heterocycles. The van der Waals surface area contributed by atoms with Crippen LogP contribution in [-0.2, 0) is 11.5 Å². The molecule has 10 nitrogen and oxygen atoms in total. The van der Waals surface area contributed by atoms with Crippen LogP contribution < -0.4 is 26.2 Å². The van der Waals surface area contributed by atoms with Crippen LogP contribution >= 0.6 is 0 Å². The molecule has 0 radical (unpaired) electrons. The number of hydrogen-bond acceptors (Lipinski definition) is 7. The molecule has 0 fully saturated rings. The van der Waals surface area contributed by atoms with E-state index >= 15 is 0 Å². The Bertz CT molecular complexity index is 2060. The van der Waals surface area contributed by atoms with Gasteiger partial charge in [0.2, 0.25) is 0 Å². The highest BCUT2D eigenvalue weighted by Gasteiger charge is 2.31. The second-order valence-corrected chi connectivity index (χ2v) is 10.7. The van der Waals surface area contributed by atoms with Crippen LogP contribution in [0.5, 0.6) is 0 Å². The van der Waals surface area contributed by atoms with Crippen LogP contribution in [0, 0.1) is 6.92 Å². The number of aromatic carboxylic acids is 1. The highest BCUT2D eigenvalue weighted by Crippen LogP contribution is 2.22. The first kappa shape index (κ1) is 31.6. The molecule has 5 rings (SSSR count). The summed E-state index contributed by atoms with van der Waals surface area (Å²) >= 11 is 0. The Kier molecular flexibility index (Phi) is 9.51. The third-order valence-corrected chi connectivity index (χ3v) is 7.42. The summed E-state index contributed by atoms with van der Waals surface area (Å²) < 4.78 is 1.26. The summed E-state index contributed by atoms with van der Waals surface area (Å²) in [6, 6.07) is 20.8. The monoisotopic (exact) mass is 616 g/mol. The van der Waals surface area contributed by atoms with Gasteiger partial charge in [-0.25, -0.2) is 9.68 Å². The molecular formula is C36H32N4O6. The molecule has 46 heavy (non-hydrogen) atoms. The lowest BCUT2D eigenvalue weighted by molar-refractivity contribution is -0.253. The minimum Gasteiger partial charge on any atom is -0.478 e. The van der Waals surface area contributed by atoms with Gasteiger partial charge in [0.25, 0.3) is 11.5 Å². The van der Waals surface area contributed by atoms with Gasteiger partial charge in [0.1, 0.15) is 6.61 Å². The Morgan fingerprint density at radius 2 is 1.61 bits per heavy atom. The fourth-order valence-corrected chi connectivity index (χ4v) is 4.98. The van der Waals surface area contributed by atoms with E-state index in [0.717, 1.165) is 11.3 Å². The van der Waals surface area contributed by atoms with Crippen LogP contribution in [0.4, 0.5) is 11.4 Å². The van der Waals surface area contributed by atoms with Gasteiger partial charge in [-0.05, 0) is 72.2 Å². The first-order chi connectivity index (χ1) is 22.2. The molecule has 1 amide bonds. The van der Waals surface area contributed by atoms with Gasteiger partial charge in [0.15, 0.2) is 5.49 Å². The Balaban J connectivity index is 1.53. The summed E-state index contributed by atoms with van der Waals surface area (Å²) in [4.78, 5) is 45.7. The normalized spacial score (nSPS) is 13.3. The van der Waals surface area contributed by atoms with Crippen LogP contribution in [0.3, 0.4) is 0 Å². The van der Waals surface area contributed by atoms with Gasteiger partial charge in [-0.1, -0.05) is 66.8 Å². The van der Waals surface area contributed by atoms with Crippen molar-refractivity contribution >= 4 is 35.4 Å². The van der Waals surface area contributed by atoms with Gasteiger partial charge < -0.3 is 10.0 Å². The number of aromatic nitrogens is 1. The van der Waals surface area contributed by atoms with E-state index in [1.54, 1.807) is 55.5 Å². The third-order valence-electron chi connectivity index (χ3n) is 7.42. The summed E-state index contributed by atoms with van der Waals surface area (Å²) in [6.07, 6.45) is 12.7. The topological polar surface area (TPSA) is 125 Å². The first-order valence-electron chi connectivity index (χ1n) is 14.4. The molecule has 0 unspecified atom stereocenters. The largest absolute Gasteiger partial charge is 0.478 e. The van der Waals surface area contributed by atoms with Crippen molar-refractivity contribution in [3.05, 3.63) is 152 Å². The zero-order chi connectivity index (χ0) is 32.8. The van der Waals surface area contributed by atoms with Crippen molar-refractivity contribution in [3.8, 4) is 5.69 Å². The molecular weight excluding hydrogens is 584 g/mol. The lowest BCUT2D eigenvalue weighted by Crippen LogP contribution is -2.45. The Morgan fingerprint density at radius 3 is 2.28 bits per heavy atom. The maximum atomic E-state index is 14.0. The lowest BCUT2D eigenvalue weighted by atomic mass is 10.1. The van der Waals surface area contributed by atoms with E-state index in [4.69, 9.17) is 5.26 Å². The Morgan fingerprint density at radius 1 is 0.913 bits per heavy atom. The van der Waals surface area contributed by atoms with Gasteiger partial charge in [0, 0.05) is 25.0 Å². The average Bonchev–Trinajstić information content (AvgIpc) is 3.39. The molecule has 2 N–H and O–H groups in total. The zero-order valence-electron chi connectivity index (χ0n) is 25.5. The van der Waals surface area contributed by atoms with Crippen molar-refractivity contribution in [2.45, 2.75) is 13.5 Å². The minimum atomic E-state index is -1.15. The summed E-state index contributed by atoms with van der Waals surface area (Å²) in [5, 5.41) is 24.3. The van der Waals surface area contributed by atoms with Crippen LogP contribution in [-0.4, -0.2) is 40.9 Å². The molecule has 10 heteroatoms. The zero-order valence-corrected chi connectivity index (χ0v) is 25.5. The molecule has 0 saturated carbocycles. The van der Waals surface area contributed by atoms with Crippen molar-refractivity contribution in [2.75, 3.05) is 24.0 Å². The number of carbonyl (C=O) groups is 2. The molecule has 1 aliphatic heterocycles. The predicted molar refractivity (Wildman–Crippen MR) is 178 cm³/mol. The number of nitrogens with zero attached hydrogens (tertiary/aromatic N) is 4. The van der Waals surface area contributed by atoms with Crippen molar-refractivity contribution in [1.82, 2.24) is 4.57 Å². The number of fused-ring (bicyclic) bond motifs is 1. The van der Waals surface area contributed by atoms with Crippen molar-refractivity contribution in [1.29, 1.82) is 0 Å². The number of benzene rings is 3. The highest BCUT2D eigenvalue weighted by molar-refractivity contribution is 6.08. The summed E-state index contributed by atoms with van der Waals surface area (Å²) in [5.74, 6) is -1.59. The van der Waals surface area contributed by atoms with Gasteiger partial charge in [0.05, 0.1) is 22.5 Å². The van der Waals surface area contributed by atoms with E-state index in [2.05, 4.69) is 9.99 Å². The highest BCUT2D eigenvalue weighted by atomic mass is 17.1. The molecule has 1 aromatic heterocycles. The lowest BCUT2D eigenvalue weighted by Gasteiger charge is -2.12. The van der Waals surface area contributed by atoms with E-state index in [9.17, 15) is 19.5 Å². The molecule has 0 aliphatic carbocycles. The van der Waals surface area contributed by atoms with E-state index in [1.165, 1.54) is 27.8 Å². The molecule has 4 aromatic rings. The van der Waals surface area contributed by atoms with Crippen LogP contribution in [0.2, 0.25) is 0 Å². The maximum Gasteiger partial charge on any atom is 0.335 e. The van der Waals surface area contributed by atoms with Crippen molar-refractivity contribution < 1.29 is 24.8 Å². The van der Waals surface area contributed by atoms with Crippen LogP contribution in [0.25, 0.3) is 17.8 Å². The summed E-state index contributed by atoms with van der Waals surface area (Å²) in [6.45, 7) is 1.67. The summed E-state index contributed by atoms with van der Waals surface area (Å²) in [5.41, 5.74) is 3.86. The molecule has 232 valence electrons. The van der Waals surface area contributed by atoms with E-state index in [1.807, 2.05) is 67.6 Å². The average molecular weight is 617 g/mol.